The van der Waals surface area contributed by atoms with Crippen molar-refractivity contribution in [2.24, 2.45) is 23.2 Å². The molecule has 4 saturated carbocycles. The van der Waals surface area contributed by atoms with Crippen molar-refractivity contribution < 1.29 is 9.59 Å². The van der Waals surface area contributed by atoms with E-state index in [2.05, 4.69) is 51.2 Å². The van der Waals surface area contributed by atoms with Gasteiger partial charge in [0.15, 0.2) is 0 Å². The number of aromatic nitrogens is 4. The standard InChI is InChI=1S/C40H49N7O3/c1-24(2)47-35-16-31(15-32(34(35)23-43-47)38(49)42-22-33-25(3)11-26(4)44-39(33)50)30-5-6-36(41-21-30)45-7-9-46(10-8-45)37(48)20-40-17-27-12-28(18-40)14-29(13-27)19-40/h5-6,11,15-16,21,23-24,27-29H,7-10,12-14,17-20,22H2,1-4H3,(H,42,49)(H,44,50). The van der Waals surface area contributed by atoms with E-state index in [0.29, 0.717) is 17.0 Å². The summed E-state index contributed by atoms with van der Waals surface area (Å²) in [6.45, 7) is 11.0. The van der Waals surface area contributed by atoms with E-state index < -0.39 is 0 Å². The Hall–Kier alpha value is -4.47. The minimum atomic E-state index is -0.264. The number of H-pyrrole nitrogens is 1. The van der Waals surface area contributed by atoms with Crippen LogP contribution in [0.5, 0.6) is 0 Å². The van der Waals surface area contributed by atoms with Crippen LogP contribution in [-0.4, -0.2) is 62.6 Å². The second kappa shape index (κ2) is 12.7. The normalized spacial score (nSPS) is 24.4. The number of nitrogens with zero attached hydrogens (tertiary/aromatic N) is 5. The maximum absolute atomic E-state index is 13.7. The molecule has 4 aromatic rings. The molecular formula is C40H49N7O3. The van der Waals surface area contributed by atoms with Gasteiger partial charge in [0.2, 0.25) is 5.91 Å². The molecule has 0 radical (unpaired) electrons. The van der Waals surface area contributed by atoms with Gasteiger partial charge in [0.1, 0.15) is 5.82 Å². The second-order valence-electron chi connectivity index (χ2n) is 16.1. The summed E-state index contributed by atoms with van der Waals surface area (Å²) in [7, 11) is 0. The van der Waals surface area contributed by atoms with E-state index in [1.807, 2.05) is 42.9 Å². The highest BCUT2D eigenvalue weighted by Crippen LogP contribution is 2.61. The van der Waals surface area contributed by atoms with Gasteiger partial charge < -0.3 is 20.1 Å². The van der Waals surface area contributed by atoms with Gasteiger partial charge in [-0.3, -0.25) is 19.1 Å². The summed E-state index contributed by atoms with van der Waals surface area (Å²) in [5.74, 6) is 3.58. The van der Waals surface area contributed by atoms with Gasteiger partial charge in [0.25, 0.3) is 11.5 Å². The first-order valence-electron chi connectivity index (χ1n) is 18.5. The zero-order valence-electron chi connectivity index (χ0n) is 29.8. The molecule has 1 aromatic carbocycles. The first kappa shape index (κ1) is 32.7. The number of pyridine rings is 2. The number of hydrogen-bond donors (Lipinski definition) is 2. The second-order valence-corrected chi connectivity index (χ2v) is 16.1. The molecule has 0 spiro atoms. The monoisotopic (exact) mass is 675 g/mol. The fourth-order valence-corrected chi connectivity index (χ4v) is 10.1. The third-order valence-corrected chi connectivity index (χ3v) is 12.1. The zero-order valence-corrected chi connectivity index (χ0v) is 29.8. The molecule has 2 N–H and O–H groups in total. The van der Waals surface area contributed by atoms with E-state index in [1.165, 1.54) is 38.5 Å². The Bertz CT molecular complexity index is 1970. The van der Waals surface area contributed by atoms with Crippen LogP contribution in [0.2, 0.25) is 0 Å². The molecule has 10 heteroatoms. The van der Waals surface area contributed by atoms with Crippen molar-refractivity contribution in [3.05, 3.63) is 75.5 Å². The number of carbonyl (C=O) groups is 2. The number of piperazine rings is 1. The largest absolute Gasteiger partial charge is 0.353 e. The van der Waals surface area contributed by atoms with Crippen LogP contribution in [0.15, 0.2) is 47.5 Å². The van der Waals surface area contributed by atoms with Crippen molar-refractivity contribution in [2.45, 2.75) is 85.2 Å². The van der Waals surface area contributed by atoms with Crippen molar-refractivity contribution in [1.82, 2.24) is 30.0 Å². The van der Waals surface area contributed by atoms with E-state index >= 15 is 0 Å². The lowest BCUT2D eigenvalue weighted by Gasteiger charge is -2.57. The van der Waals surface area contributed by atoms with Crippen LogP contribution < -0.4 is 15.8 Å². The van der Waals surface area contributed by atoms with Gasteiger partial charge in [0.05, 0.1) is 17.3 Å². The number of anilines is 1. The van der Waals surface area contributed by atoms with Crippen LogP contribution in [0.25, 0.3) is 22.0 Å². The lowest BCUT2D eigenvalue weighted by molar-refractivity contribution is -0.139. The number of hydrogen-bond acceptors (Lipinski definition) is 6. The zero-order chi connectivity index (χ0) is 34.7. The Morgan fingerprint density at radius 1 is 0.940 bits per heavy atom. The first-order chi connectivity index (χ1) is 24.0. The number of carbonyl (C=O) groups excluding carboxylic acids is 2. The van der Waals surface area contributed by atoms with Crippen LogP contribution in [0, 0.1) is 37.0 Å². The van der Waals surface area contributed by atoms with Crippen LogP contribution in [0.1, 0.15) is 92.0 Å². The summed E-state index contributed by atoms with van der Waals surface area (Å²) in [5.41, 5.74) is 5.40. The SMILES string of the molecule is Cc1cc(C)c(CNC(=O)c2cc(-c3ccc(N4CCN(C(=O)CC56CC7CC(CC(C7)C5)C6)CC4)nc3)cc3c2cnn3C(C)C)c(=O)[nH]1. The van der Waals surface area contributed by atoms with E-state index in [1.54, 1.807) is 6.20 Å². The Labute approximate surface area is 293 Å². The molecule has 3 aromatic heterocycles. The number of amides is 2. The molecule has 5 aliphatic rings. The summed E-state index contributed by atoms with van der Waals surface area (Å²) >= 11 is 0. The molecule has 0 unspecified atom stereocenters. The summed E-state index contributed by atoms with van der Waals surface area (Å²) in [6.07, 6.45) is 12.4. The molecule has 4 bridgehead atoms. The molecule has 0 atom stereocenters. The van der Waals surface area contributed by atoms with Crippen molar-refractivity contribution in [1.29, 1.82) is 0 Å². The summed E-state index contributed by atoms with van der Waals surface area (Å²) < 4.78 is 1.93. The van der Waals surface area contributed by atoms with Crippen LogP contribution in [-0.2, 0) is 11.3 Å². The predicted octanol–water partition coefficient (Wildman–Crippen LogP) is 6.17. The third-order valence-electron chi connectivity index (χ3n) is 12.1. The first-order valence-corrected chi connectivity index (χ1v) is 18.5. The molecule has 262 valence electrons. The van der Waals surface area contributed by atoms with E-state index in [-0.39, 0.29) is 29.5 Å². The van der Waals surface area contributed by atoms with Gasteiger partial charge in [-0.15, -0.1) is 0 Å². The summed E-state index contributed by atoms with van der Waals surface area (Å²) in [4.78, 5) is 51.9. The third kappa shape index (κ3) is 6.11. The van der Waals surface area contributed by atoms with Gasteiger partial charge in [0, 0.05) is 73.6 Å². The van der Waals surface area contributed by atoms with Crippen molar-refractivity contribution >= 4 is 28.5 Å². The van der Waals surface area contributed by atoms with Crippen molar-refractivity contribution in [3.63, 3.8) is 0 Å². The van der Waals surface area contributed by atoms with Gasteiger partial charge in [-0.25, -0.2) is 4.98 Å². The van der Waals surface area contributed by atoms with Gasteiger partial charge in [-0.2, -0.15) is 5.10 Å². The highest BCUT2D eigenvalue weighted by Gasteiger charge is 2.51. The highest BCUT2D eigenvalue weighted by molar-refractivity contribution is 6.08. The number of fused-ring (bicyclic) bond motifs is 1. The van der Waals surface area contributed by atoms with E-state index in [9.17, 15) is 14.4 Å². The minimum Gasteiger partial charge on any atom is -0.353 e. The Morgan fingerprint density at radius 3 is 2.26 bits per heavy atom. The van der Waals surface area contributed by atoms with Gasteiger partial charge >= 0.3 is 0 Å². The van der Waals surface area contributed by atoms with Crippen LogP contribution in [0.3, 0.4) is 0 Å². The molecule has 1 saturated heterocycles. The Kier molecular flexibility index (Phi) is 8.31. The summed E-state index contributed by atoms with van der Waals surface area (Å²) in [6, 6.07) is 10.1. The molecule has 4 aliphatic carbocycles. The molecular weight excluding hydrogens is 626 g/mol. The molecule has 50 heavy (non-hydrogen) atoms. The van der Waals surface area contributed by atoms with Crippen LogP contribution >= 0.6 is 0 Å². The van der Waals surface area contributed by atoms with Crippen molar-refractivity contribution in [2.75, 3.05) is 31.1 Å². The van der Waals surface area contributed by atoms with Gasteiger partial charge in [-0.1, -0.05) is 0 Å². The molecule has 1 aliphatic heterocycles. The lowest BCUT2D eigenvalue weighted by atomic mass is 9.49. The highest BCUT2D eigenvalue weighted by atomic mass is 16.2. The van der Waals surface area contributed by atoms with Crippen molar-refractivity contribution in [3.8, 4) is 11.1 Å². The molecule has 4 heterocycles. The van der Waals surface area contributed by atoms with E-state index in [4.69, 9.17) is 4.98 Å². The fraction of sp³-hybridized carbons (Fsp3) is 0.525. The maximum atomic E-state index is 13.7. The number of aromatic amines is 1. The van der Waals surface area contributed by atoms with E-state index in [0.717, 1.165) is 89.5 Å². The molecule has 5 fully saturated rings. The fourth-order valence-electron chi connectivity index (χ4n) is 10.1. The Balaban J connectivity index is 0.962. The number of nitrogens with one attached hydrogen (secondary N) is 2. The predicted molar refractivity (Wildman–Crippen MR) is 195 cm³/mol. The number of benzene rings is 1. The topological polar surface area (TPSA) is 116 Å². The Morgan fingerprint density at radius 2 is 1.64 bits per heavy atom. The molecule has 9 rings (SSSR count). The molecule has 10 nitrogen and oxygen atoms in total. The smallest absolute Gasteiger partial charge is 0.253 e. The maximum Gasteiger partial charge on any atom is 0.253 e. The molecule has 2 amide bonds. The quantitative estimate of drug-likeness (QED) is 0.231. The average molecular weight is 676 g/mol. The average Bonchev–Trinajstić information content (AvgIpc) is 3.51. The summed E-state index contributed by atoms with van der Waals surface area (Å²) in [5, 5.41) is 8.35. The van der Waals surface area contributed by atoms with Crippen LogP contribution in [0.4, 0.5) is 5.82 Å². The number of rotatable bonds is 8. The lowest BCUT2D eigenvalue weighted by Crippen LogP contribution is -2.52. The number of aryl methyl sites for hydroxylation is 2. The minimum absolute atomic E-state index is 0.103. The van der Waals surface area contributed by atoms with Gasteiger partial charge in [-0.05, 0) is 131 Å².